The van der Waals surface area contributed by atoms with Gasteiger partial charge in [0, 0.05) is 36.9 Å². The molecule has 2 aliphatic carbocycles. The number of carbonyl (C=O) groups excluding carboxylic acids is 2. The molecular formula is C50H54N6O4. The van der Waals surface area contributed by atoms with Crippen LogP contribution in [0.2, 0.25) is 0 Å². The van der Waals surface area contributed by atoms with Gasteiger partial charge < -0.3 is 31.6 Å². The summed E-state index contributed by atoms with van der Waals surface area (Å²) in [7, 11) is 0. The Bertz CT molecular complexity index is 2340. The molecule has 2 amide bonds. The Hall–Kier alpha value is -6.36. The van der Waals surface area contributed by atoms with E-state index in [1.165, 1.54) is 45.8 Å². The number of fused-ring (bicyclic) bond motifs is 2. The Morgan fingerprint density at radius 3 is 1.55 bits per heavy atom. The van der Waals surface area contributed by atoms with E-state index in [1.807, 2.05) is 12.1 Å². The number of ether oxygens (including phenoxy) is 2. The van der Waals surface area contributed by atoms with Gasteiger partial charge in [-0.2, -0.15) is 0 Å². The molecule has 2 aliphatic rings. The van der Waals surface area contributed by atoms with Crippen LogP contribution in [0.25, 0.3) is 0 Å². The minimum Gasteiger partial charge on any atom is -0.456 e. The monoisotopic (exact) mass is 802 g/mol. The molecule has 2 heterocycles. The average Bonchev–Trinajstić information content (AvgIpc) is 3.28. The molecule has 60 heavy (non-hydrogen) atoms. The van der Waals surface area contributed by atoms with Crippen LogP contribution in [0.5, 0.6) is 23.0 Å². The molecule has 2 aromatic heterocycles. The second-order valence-corrected chi connectivity index (χ2v) is 15.5. The van der Waals surface area contributed by atoms with Gasteiger partial charge in [0.2, 0.25) is 0 Å². The Kier molecular flexibility index (Phi) is 14.7. The Morgan fingerprint density at radius 2 is 1.03 bits per heavy atom. The zero-order valence-corrected chi connectivity index (χ0v) is 34.0. The first-order chi connectivity index (χ1) is 29.4. The van der Waals surface area contributed by atoms with E-state index in [0.29, 0.717) is 29.3 Å². The standard InChI is InChI=1S/2C25H27N3O2/c26-25(29)23-17-27-14-12-24(23)30-22-11-9-19-15-21(10-8-20(19)16-22)28-13-4-7-18-5-2-1-3-6-18;26-25(29)23-17-27-14-12-24(23)30-22-11-9-19-8-10-21(15-20(19)16-22)28-13-4-7-18-5-2-1-3-6-18/h2*1-3,5-6,9,11-12,14,16-17,21,28H,4,7-8,10,13,15H2,(H2,26,29). The van der Waals surface area contributed by atoms with Gasteiger partial charge in [0.25, 0.3) is 11.8 Å². The van der Waals surface area contributed by atoms with Gasteiger partial charge in [0.05, 0.1) is 0 Å². The molecule has 8 rings (SSSR count). The third-order valence-electron chi connectivity index (χ3n) is 11.2. The van der Waals surface area contributed by atoms with Gasteiger partial charge in [-0.3, -0.25) is 19.6 Å². The van der Waals surface area contributed by atoms with E-state index in [-0.39, 0.29) is 11.1 Å². The Morgan fingerprint density at radius 1 is 0.567 bits per heavy atom. The van der Waals surface area contributed by atoms with Gasteiger partial charge in [-0.05, 0) is 147 Å². The Balaban J connectivity index is 0.000000181. The van der Waals surface area contributed by atoms with Crippen molar-refractivity contribution in [3.8, 4) is 23.0 Å². The molecule has 6 aromatic rings. The van der Waals surface area contributed by atoms with Crippen molar-refractivity contribution in [3.05, 3.63) is 178 Å². The van der Waals surface area contributed by atoms with E-state index in [0.717, 1.165) is 83.0 Å². The maximum atomic E-state index is 11.6. The fraction of sp³-hybridized carbons (Fsp3) is 0.280. The summed E-state index contributed by atoms with van der Waals surface area (Å²) >= 11 is 0. The summed E-state index contributed by atoms with van der Waals surface area (Å²) in [5.74, 6) is 1.21. The molecule has 0 spiro atoms. The molecular weight excluding hydrogens is 749 g/mol. The lowest BCUT2D eigenvalue weighted by molar-refractivity contribution is 0.0989. The number of hydrogen-bond acceptors (Lipinski definition) is 8. The molecule has 0 aliphatic heterocycles. The van der Waals surface area contributed by atoms with Crippen molar-refractivity contribution in [1.82, 2.24) is 20.6 Å². The van der Waals surface area contributed by atoms with E-state index in [1.54, 1.807) is 24.5 Å². The minimum absolute atomic E-state index is 0.285. The predicted molar refractivity (Wildman–Crippen MR) is 236 cm³/mol. The van der Waals surface area contributed by atoms with E-state index < -0.39 is 11.8 Å². The minimum atomic E-state index is -0.546. The first-order valence-electron chi connectivity index (χ1n) is 21.0. The second-order valence-electron chi connectivity index (χ2n) is 15.5. The third kappa shape index (κ3) is 11.9. The summed E-state index contributed by atoms with van der Waals surface area (Å²) in [5.41, 5.74) is 19.5. The number of hydrogen-bond donors (Lipinski definition) is 4. The fourth-order valence-corrected chi connectivity index (χ4v) is 7.99. The lowest BCUT2D eigenvalue weighted by Gasteiger charge is -2.26. The number of nitrogens with two attached hydrogens (primary N) is 2. The number of aromatic nitrogens is 2. The van der Waals surface area contributed by atoms with Crippen molar-refractivity contribution >= 4 is 11.8 Å². The third-order valence-corrected chi connectivity index (χ3v) is 11.2. The number of carbonyl (C=O) groups is 2. The molecule has 10 nitrogen and oxygen atoms in total. The van der Waals surface area contributed by atoms with Crippen molar-refractivity contribution in [2.24, 2.45) is 11.5 Å². The van der Waals surface area contributed by atoms with Crippen LogP contribution in [0.4, 0.5) is 0 Å². The summed E-state index contributed by atoms with van der Waals surface area (Å²) < 4.78 is 11.9. The van der Waals surface area contributed by atoms with Crippen LogP contribution >= 0.6 is 0 Å². The molecule has 4 aromatic carbocycles. The predicted octanol–water partition coefficient (Wildman–Crippen LogP) is 8.11. The number of benzene rings is 4. The van der Waals surface area contributed by atoms with Crippen LogP contribution in [-0.2, 0) is 38.5 Å². The van der Waals surface area contributed by atoms with E-state index in [4.69, 9.17) is 20.9 Å². The maximum Gasteiger partial charge on any atom is 0.254 e. The quantitative estimate of drug-likeness (QED) is 0.0716. The SMILES string of the molecule is NC(=O)c1cnccc1Oc1ccc2c(c1)CC(NCCCc1ccccc1)CC2.NC(=O)c1cnccc1Oc1ccc2c(c1)CCC(NCCCc1ccccc1)C2. The zero-order valence-electron chi connectivity index (χ0n) is 34.0. The highest BCUT2D eigenvalue weighted by molar-refractivity contribution is 5.95. The van der Waals surface area contributed by atoms with E-state index in [2.05, 4.69) is 106 Å². The van der Waals surface area contributed by atoms with Crippen LogP contribution in [0.3, 0.4) is 0 Å². The second kappa shape index (κ2) is 21.1. The van der Waals surface area contributed by atoms with Crippen molar-refractivity contribution in [1.29, 1.82) is 0 Å². The number of primary amides is 2. The molecule has 0 saturated carbocycles. The smallest absolute Gasteiger partial charge is 0.254 e. The molecule has 0 fully saturated rings. The summed E-state index contributed by atoms with van der Waals surface area (Å²) in [6.07, 6.45) is 16.9. The van der Waals surface area contributed by atoms with Crippen molar-refractivity contribution in [2.75, 3.05) is 13.1 Å². The zero-order chi connectivity index (χ0) is 41.5. The van der Waals surface area contributed by atoms with Crippen molar-refractivity contribution in [2.45, 2.75) is 76.3 Å². The summed E-state index contributed by atoms with van der Waals surface area (Å²) in [5, 5.41) is 7.43. The maximum absolute atomic E-state index is 11.6. The first-order valence-corrected chi connectivity index (χ1v) is 21.0. The highest BCUT2D eigenvalue weighted by Gasteiger charge is 2.21. The summed E-state index contributed by atoms with van der Waals surface area (Å²) in [6, 6.07) is 37.9. The number of pyridine rings is 2. The van der Waals surface area contributed by atoms with E-state index >= 15 is 0 Å². The summed E-state index contributed by atoms with van der Waals surface area (Å²) in [6.45, 7) is 2.05. The van der Waals surface area contributed by atoms with Crippen LogP contribution < -0.4 is 31.6 Å². The van der Waals surface area contributed by atoms with Crippen LogP contribution in [-0.4, -0.2) is 47.0 Å². The van der Waals surface area contributed by atoms with Crippen LogP contribution in [0, 0.1) is 0 Å². The normalized spacial score (nSPS) is 15.4. The number of nitrogens with one attached hydrogen (secondary N) is 2. The lowest BCUT2D eigenvalue weighted by atomic mass is 9.88. The number of nitrogens with zero attached hydrogens (tertiary/aromatic N) is 2. The van der Waals surface area contributed by atoms with Crippen LogP contribution in [0.1, 0.15) is 79.8 Å². The van der Waals surface area contributed by atoms with Gasteiger partial charge in [-0.15, -0.1) is 0 Å². The highest BCUT2D eigenvalue weighted by atomic mass is 16.5. The number of amides is 2. The highest BCUT2D eigenvalue weighted by Crippen LogP contribution is 2.31. The fourth-order valence-electron chi connectivity index (χ4n) is 7.99. The molecule has 0 radical (unpaired) electrons. The van der Waals surface area contributed by atoms with Gasteiger partial charge in [0.15, 0.2) is 0 Å². The molecule has 308 valence electrons. The number of aryl methyl sites for hydroxylation is 4. The van der Waals surface area contributed by atoms with Crippen molar-refractivity contribution < 1.29 is 19.1 Å². The molecule has 2 unspecified atom stereocenters. The molecule has 0 bridgehead atoms. The van der Waals surface area contributed by atoms with Crippen LogP contribution in [0.15, 0.2) is 134 Å². The molecule has 2 atom stereocenters. The van der Waals surface area contributed by atoms with Gasteiger partial charge in [0.1, 0.15) is 34.1 Å². The Labute approximate surface area is 352 Å². The lowest BCUT2D eigenvalue weighted by Crippen LogP contribution is -2.35. The topological polar surface area (TPSA) is 154 Å². The van der Waals surface area contributed by atoms with Crippen molar-refractivity contribution in [3.63, 3.8) is 0 Å². The van der Waals surface area contributed by atoms with Gasteiger partial charge >= 0.3 is 0 Å². The molecule has 0 saturated heterocycles. The first kappa shape index (κ1) is 41.8. The largest absolute Gasteiger partial charge is 0.456 e. The molecule has 10 heteroatoms. The number of rotatable bonds is 16. The molecule has 6 N–H and O–H groups in total. The average molecular weight is 803 g/mol. The summed E-state index contributed by atoms with van der Waals surface area (Å²) in [4.78, 5) is 31.1. The van der Waals surface area contributed by atoms with E-state index in [9.17, 15) is 9.59 Å². The van der Waals surface area contributed by atoms with Gasteiger partial charge in [-0.1, -0.05) is 72.8 Å². The van der Waals surface area contributed by atoms with Gasteiger partial charge in [-0.25, -0.2) is 0 Å².